The fourth-order valence-electron chi connectivity index (χ4n) is 1.88. The number of nitrogen functional groups attached to an aromatic ring is 1. The first kappa shape index (κ1) is 14.2. The van der Waals surface area contributed by atoms with Crippen LogP contribution >= 0.6 is 0 Å². The van der Waals surface area contributed by atoms with Gasteiger partial charge in [0.25, 0.3) is 17.7 Å². The van der Waals surface area contributed by atoms with Crippen molar-refractivity contribution in [2.45, 2.75) is 26.4 Å². The van der Waals surface area contributed by atoms with E-state index in [1.54, 1.807) is 26.8 Å². The summed E-state index contributed by atoms with van der Waals surface area (Å²) in [7, 11) is 0. The first-order valence-corrected chi connectivity index (χ1v) is 6.16. The van der Waals surface area contributed by atoms with E-state index in [0.29, 0.717) is 4.90 Å². The standard InChI is InChI=1S/C14H16N2O4/c1-14(2,3)20-7-10(17)16-12(18)8-5-4-6-9(15)11(8)13(16)19/h4-6H,7,15H2,1-3H3. The lowest BCUT2D eigenvalue weighted by Crippen LogP contribution is -2.40. The van der Waals surface area contributed by atoms with Crippen LogP contribution in [0.3, 0.4) is 0 Å². The number of hydrogen-bond acceptors (Lipinski definition) is 5. The normalized spacial score (nSPS) is 14.7. The highest BCUT2D eigenvalue weighted by Gasteiger charge is 2.41. The Labute approximate surface area is 116 Å². The summed E-state index contributed by atoms with van der Waals surface area (Å²) in [6, 6.07) is 4.56. The molecule has 0 saturated heterocycles. The van der Waals surface area contributed by atoms with Crippen molar-refractivity contribution < 1.29 is 19.1 Å². The number of hydrogen-bond donors (Lipinski definition) is 1. The number of carbonyl (C=O) groups is 3. The van der Waals surface area contributed by atoms with E-state index in [4.69, 9.17) is 10.5 Å². The average Bonchev–Trinajstić information content (AvgIpc) is 2.59. The van der Waals surface area contributed by atoms with Gasteiger partial charge >= 0.3 is 0 Å². The molecular weight excluding hydrogens is 260 g/mol. The molecule has 2 rings (SSSR count). The Morgan fingerprint density at radius 1 is 1.25 bits per heavy atom. The summed E-state index contributed by atoms with van der Waals surface area (Å²) >= 11 is 0. The minimum atomic E-state index is -0.689. The first-order chi connectivity index (χ1) is 9.22. The maximum Gasteiger partial charge on any atom is 0.270 e. The summed E-state index contributed by atoms with van der Waals surface area (Å²) in [6.07, 6.45) is 0. The lowest BCUT2D eigenvalue weighted by atomic mass is 10.1. The summed E-state index contributed by atoms with van der Waals surface area (Å²) in [5.41, 5.74) is 5.58. The third kappa shape index (κ3) is 2.42. The summed E-state index contributed by atoms with van der Waals surface area (Å²) in [5.74, 6) is -2.03. The number of amides is 3. The van der Waals surface area contributed by atoms with Crippen LogP contribution in [0.15, 0.2) is 18.2 Å². The monoisotopic (exact) mass is 276 g/mol. The minimum Gasteiger partial charge on any atom is -0.398 e. The highest BCUT2D eigenvalue weighted by Crippen LogP contribution is 2.27. The Bertz CT molecular complexity index is 602. The van der Waals surface area contributed by atoms with Crippen molar-refractivity contribution in [3.8, 4) is 0 Å². The molecule has 1 aliphatic rings. The van der Waals surface area contributed by atoms with Crippen LogP contribution in [-0.2, 0) is 9.53 Å². The molecule has 1 aliphatic heterocycles. The molecule has 0 aromatic heterocycles. The van der Waals surface area contributed by atoms with Gasteiger partial charge in [-0.1, -0.05) is 6.07 Å². The number of fused-ring (bicyclic) bond motifs is 1. The van der Waals surface area contributed by atoms with Crippen molar-refractivity contribution in [2.24, 2.45) is 0 Å². The topological polar surface area (TPSA) is 89.7 Å². The van der Waals surface area contributed by atoms with E-state index in [0.717, 1.165) is 0 Å². The number of carbonyl (C=O) groups excluding carboxylic acids is 3. The Morgan fingerprint density at radius 3 is 2.45 bits per heavy atom. The van der Waals surface area contributed by atoms with Gasteiger partial charge in [-0.15, -0.1) is 0 Å². The van der Waals surface area contributed by atoms with E-state index in [-0.39, 0.29) is 23.4 Å². The lowest BCUT2D eigenvalue weighted by Gasteiger charge is -2.20. The van der Waals surface area contributed by atoms with Crippen molar-refractivity contribution in [1.29, 1.82) is 0 Å². The molecule has 1 aromatic carbocycles. The van der Waals surface area contributed by atoms with Crippen molar-refractivity contribution in [3.05, 3.63) is 29.3 Å². The van der Waals surface area contributed by atoms with Crippen LogP contribution in [0.4, 0.5) is 5.69 Å². The van der Waals surface area contributed by atoms with Gasteiger partial charge in [0.2, 0.25) is 0 Å². The molecule has 0 unspecified atom stereocenters. The zero-order valence-corrected chi connectivity index (χ0v) is 11.6. The number of nitrogens with zero attached hydrogens (tertiary/aromatic N) is 1. The molecule has 3 amide bonds. The molecule has 6 nitrogen and oxygen atoms in total. The van der Waals surface area contributed by atoms with Gasteiger partial charge in [-0.25, -0.2) is 4.90 Å². The Hall–Kier alpha value is -2.21. The highest BCUT2D eigenvalue weighted by atomic mass is 16.5. The van der Waals surface area contributed by atoms with Gasteiger partial charge in [-0.2, -0.15) is 0 Å². The van der Waals surface area contributed by atoms with Gasteiger partial charge < -0.3 is 10.5 Å². The largest absolute Gasteiger partial charge is 0.398 e. The SMILES string of the molecule is CC(C)(C)OCC(=O)N1C(=O)c2cccc(N)c2C1=O. The molecule has 6 heteroatoms. The van der Waals surface area contributed by atoms with Crippen molar-refractivity contribution >= 4 is 23.4 Å². The summed E-state index contributed by atoms with van der Waals surface area (Å²) in [6.45, 7) is 5.00. The number of ether oxygens (including phenoxy) is 1. The summed E-state index contributed by atoms with van der Waals surface area (Å²) < 4.78 is 5.30. The molecule has 0 radical (unpaired) electrons. The third-order valence-corrected chi connectivity index (χ3v) is 2.83. The zero-order chi connectivity index (χ0) is 15.1. The quantitative estimate of drug-likeness (QED) is 0.647. The second-order valence-electron chi connectivity index (χ2n) is 5.51. The number of nitrogens with two attached hydrogens (primary N) is 1. The Morgan fingerprint density at radius 2 is 1.90 bits per heavy atom. The molecule has 0 fully saturated rings. The first-order valence-electron chi connectivity index (χ1n) is 6.16. The van der Waals surface area contributed by atoms with Crippen molar-refractivity contribution in [3.63, 3.8) is 0 Å². The van der Waals surface area contributed by atoms with E-state index in [1.165, 1.54) is 12.1 Å². The van der Waals surface area contributed by atoms with Crippen LogP contribution in [0.1, 0.15) is 41.5 Å². The minimum absolute atomic E-state index is 0.0848. The fraction of sp³-hybridized carbons (Fsp3) is 0.357. The molecule has 106 valence electrons. The highest BCUT2D eigenvalue weighted by molar-refractivity contribution is 6.30. The fourth-order valence-corrected chi connectivity index (χ4v) is 1.88. The van der Waals surface area contributed by atoms with Crippen LogP contribution in [0, 0.1) is 0 Å². The molecular formula is C14H16N2O4. The van der Waals surface area contributed by atoms with Gasteiger partial charge in [0.05, 0.1) is 16.7 Å². The maximum absolute atomic E-state index is 12.1. The van der Waals surface area contributed by atoms with Crippen molar-refractivity contribution in [1.82, 2.24) is 4.90 Å². The second kappa shape index (κ2) is 4.72. The van der Waals surface area contributed by atoms with E-state index in [9.17, 15) is 14.4 Å². The molecule has 0 spiro atoms. The molecule has 0 saturated carbocycles. The molecule has 2 N–H and O–H groups in total. The van der Waals surface area contributed by atoms with Crippen LogP contribution in [0.2, 0.25) is 0 Å². The van der Waals surface area contributed by atoms with Gasteiger partial charge in [0.15, 0.2) is 0 Å². The second-order valence-corrected chi connectivity index (χ2v) is 5.51. The summed E-state index contributed by atoms with van der Waals surface area (Å²) in [4.78, 5) is 36.8. The average molecular weight is 276 g/mol. The van der Waals surface area contributed by atoms with E-state index >= 15 is 0 Å². The molecule has 0 atom stereocenters. The maximum atomic E-state index is 12.1. The van der Waals surface area contributed by atoms with Crippen LogP contribution in [0.5, 0.6) is 0 Å². The molecule has 1 heterocycles. The Kier molecular flexibility index (Phi) is 3.35. The predicted molar refractivity (Wildman–Crippen MR) is 72.1 cm³/mol. The number of rotatable bonds is 2. The smallest absolute Gasteiger partial charge is 0.270 e. The van der Waals surface area contributed by atoms with Gasteiger partial charge in [-0.3, -0.25) is 14.4 Å². The third-order valence-electron chi connectivity index (χ3n) is 2.83. The van der Waals surface area contributed by atoms with Gasteiger partial charge in [-0.05, 0) is 32.9 Å². The predicted octanol–water partition coefficient (Wildman–Crippen LogP) is 1.21. The van der Waals surface area contributed by atoms with Crippen LogP contribution < -0.4 is 5.73 Å². The van der Waals surface area contributed by atoms with E-state index < -0.39 is 23.3 Å². The van der Waals surface area contributed by atoms with Gasteiger partial charge in [0.1, 0.15) is 6.61 Å². The Balaban J connectivity index is 2.25. The molecule has 0 aliphatic carbocycles. The van der Waals surface area contributed by atoms with Crippen molar-refractivity contribution in [2.75, 3.05) is 12.3 Å². The number of anilines is 1. The van der Waals surface area contributed by atoms with Gasteiger partial charge in [0, 0.05) is 5.69 Å². The number of imide groups is 3. The zero-order valence-electron chi connectivity index (χ0n) is 11.6. The summed E-state index contributed by atoms with van der Waals surface area (Å²) in [5, 5.41) is 0. The molecule has 1 aromatic rings. The van der Waals surface area contributed by atoms with E-state index in [1.807, 2.05) is 0 Å². The van der Waals surface area contributed by atoms with Crippen LogP contribution in [0.25, 0.3) is 0 Å². The lowest BCUT2D eigenvalue weighted by molar-refractivity contribution is -0.135. The molecule has 20 heavy (non-hydrogen) atoms. The van der Waals surface area contributed by atoms with E-state index in [2.05, 4.69) is 0 Å². The molecule has 0 bridgehead atoms. The van der Waals surface area contributed by atoms with Crippen LogP contribution in [-0.4, -0.2) is 34.8 Å². The number of benzene rings is 1.